The maximum absolute atomic E-state index is 11.2. The molecule has 3 atom stereocenters. The molecule has 2 nitrogen and oxygen atoms in total. The third kappa shape index (κ3) is 1.60. The predicted octanol–water partition coefficient (Wildman–Crippen LogP) is 2.72. The van der Waals surface area contributed by atoms with E-state index in [0.717, 1.165) is 44.9 Å². The second-order valence-electron chi connectivity index (χ2n) is 7.15. The van der Waals surface area contributed by atoms with Gasteiger partial charge in [-0.3, -0.25) is 0 Å². The van der Waals surface area contributed by atoms with Crippen LogP contribution in [-0.4, -0.2) is 21.4 Å². The zero-order valence-corrected chi connectivity index (χ0v) is 11.2. The van der Waals surface area contributed by atoms with Crippen molar-refractivity contribution in [3.05, 3.63) is 0 Å². The van der Waals surface area contributed by atoms with E-state index in [1.165, 1.54) is 0 Å². The minimum atomic E-state index is -0.473. The quantitative estimate of drug-likeness (QED) is 0.793. The van der Waals surface area contributed by atoms with Crippen LogP contribution in [0.5, 0.6) is 0 Å². The summed E-state index contributed by atoms with van der Waals surface area (Å²) in [7, 11) is 0. The highest BCUT2D eigenvalue weighted by Crippen LogP contribution is 2.62. The summed E-state index contributed by atoms with van der Waals surface area (Å²) in [4.78, 5) is 0. The Morgan fingerprint density at radius 3 is 2.18 bits per heavy atom. The van der Waals surface area contributed by atoms with Crippen molar-refractivity contribution in [1.29, 1.82) is 0 Å². The lowest BCUT2D eigenvalue weighted by atomic mass is 9.46. The van der Waals surface area contributed by atoms with Gasteiger partial charge in [0.25, 0.3) is 0 Å². The third-order valence-electron chi connectivity index (χ3n) is 5.98. The Labute approximate surface area is 104 Å². The van der Waals surface area contributed by atoms with Crippen molar-refractivity contribution < 1.29 is 10.2 Å². The molecule has 0 aromatic heterocycles. The SMILES string of the molecule is CCCC(C)C1(O)C2CC3CC1CC(O)(C3)C2. The van der Waals surface area contributed by atoms with Crippen LogP contribution in [0.1, 0.15) is 58.8 Å². The molecule has 0 heterocycles. The molecule has 4 rings (SSSR count). The molecular formula is C15H26O2. The molecule has 4 saturated carbocycles. The van der Waals surface area contributed by atoms with Gasteiger partial charge in [-0.25, -0.2) is 0 Å². The van der Waals surface area contributed by atoms with Gasteiger partial charge in [0.05, 0.1) is 11.2 Å². The summed E-state index contributed by atoms with van der Waals surface area (Å²) >= 11 is 0. The molecule has 2 N–H and O–H groups in total. The van der Waals surface area contributed by atoms with Gasteiger partial charge in [-0.2, -0.15) is 0 Å². The first-order chi connectivity index (χ1) is 7.98. The maximum Gasteiger partial charge on any atom is 0.0731 e. The molecule has 4 aliphatic carbocycles. The summed E-state index contributed by atoms with van der Waals surface area (Å²) in [6, 6.07) is 0. The van der Waals surface area contributed by atoms with Gasteiger partial charge in [0.15, 0.2) is 0 Å². The van der Waals surface area contributed by atoms with E-state index in [2.05, 4.69) is 13.8 Å². The van der Waals surface area contributed by atoms with Gasteiger partial charge in [-0.05, 0) is 62.2 Å². The van der Waals surface area contributed by atoms with Crippen LogP contribution in [0.3, 0.4) is 0 Å². The third-order valence-corrected chi connectivity index (χ3v) is 5.98. The fraction of sp³-hybridized carbons (Fsp3) is 1.00. The zero-order valence-electron chi connectivity index (χ0n) is 11.2. The first-order valence-electron chi connectivity index (χ1n) is 7.42. The van der Waals surface area contributed by atoms with Crippen LogP contribution in [0.15, 0.2) is 0 Å². The largest absolute Gasteiger partial charge is 0.390 e. The van der Waals surface area contributed by atoms with Crippen molar-refractivity contribution in [1.82, 2.24) is 0 Å². The number of aliphatic hydroxyl groups is 2. The fourth-order valence-electron chi connectivity index (χ4n) is 5.45. The highest BCUT2D eigenvalue weighted by molar-refractivity contribution is 5.13. The van der Waals surface area contributed by atoms with Crippen molar-refractivity contribution in [2.45, 2.75) is 70.0 Å². The second kappa shape index (κ2) is 3.71. The highest BCUT2D eigenvalue weighted by Gasteiger charge is 2.62. The zero-order chi connectivity index (χ0) is 12.3. The lowest BCUT2D eigenvalue weighted by Gasteiger charge is -2.63. The van der Waals surface area contributed by atoms with E-state index < -0.39 is 11.2 Å². The van der Waals surface area contributed by atoms with Crippen molar-refractivity contribution in [2.24, 2.45) is 23.7 Å². The summed E-state index contributed by atoms with van der Waals surface area (Å²) in [5, 5.41) is 21.7. The summed E-state index contributed by atoms with van der Waals surface area (Å²) in [6.45, 7) is 4.42. The first-order valence-corrected chi connectivity index (χ1v) is 7.42. The van der Waals surface area contributed by atoms with Crippen LogP contribution in [0.25, 0.3) is 0 Å². The number of hydrogen-bond donors (Lipinski definition) is 2. The van der Waals surface area contributed by atoms with E-state index in [0.29, 0.717) is 23.7 Å². The maximum atomic E-state index is 11.2. The lowest BCUT2D eigenvalue weighted by Crippen LogP contribution is -2.65. The van der Waals surface area contributed by atoms with Crippen LogP contribution >= 0.6 is 0 Å². The van der Waals surface area contributed by atoms with Gasteiger partial charge in [0, 0.05) is 0 Å². The van der Waals surface area contributed by atoms with Crippen LogP contribution < -0.4 is 0 Å². The molecule has 2 heteroatoms. The van der Waals surface area contributed by atoms with Crippen molar-refractivity contribution in [2.75, 3.05) is 0 Å². The van der Waals surface area contributed by atoms with Crippen LogP contribution in [0, 0.1) is 23.7 Å². The summed E-state index contributed by atoms with van der Waals surface area (Å²) < 4.78 is 0. The van der Waals surface area contributed by atoms with E-state index in [4.69, 9.17) is 0 Å². The molecule has 0 aliphatic heterocycles. The molecule has 0 saturated heterocycles. The summed E-state index contributed by atoms with van der Waals surface area (Å²) in [5.41, 5.74) is -0.895. The van der Waals surface area contributed by atoms with Crippen LogP contribution in [0.2, 0.25) is 0 Å². The molecule has 98 valence electrons. The van der Waals surface area contributed by atoms with E-state index >= 15 is 0 Å². The molecule has 0 spiro atoms. The molecular weight excluding hydrogens is 212 g/mol. The normalized spacial score (nSPS) is 54.0. The summed E-state index contributed by atoms with van der Waals surface area (Å²) in [6.07, 6.45) is 7.28. The number of hydrogen-bond acceptors (Lipinski definition) is 2. The molecule has 17 heavy (non-hydrogen) atoms. The molecule has 3 unspecified atom stereocenters. The standard InChI is InChI=1S/C15H26O2/c1-3-4-10(2)15(17)12-5-11-6-13(15)9-14(16,7-11)8-12/h10-13,16-17H,3-9H2,1-2H3. The first kappa shape index (κ1) is 12.0. The van der Waals surface area contributed by atoms with E-state index in [1.54, 1.807) is 0 Å². The van der Waals surface area contributed by atoms with E-state index in [-0.39, 0.29) is 0 Å². The van der Waals surface area contributed by atoms with E-state index in [1.807, 2.05) is 0 Å². The Kier molecular flexibility index (Phi) is 2.61. The molecule has 0 aromatic rings. The average molecular weight is 238 g/mol. The smallest absolute Gasteiger partial charge is 0.0731 e. The molecule has 0 radical (unpaired) electrons. The lowest BCUT2D eigenvalue weighted by molar-refractivity contribution is -0.244. The molecule has 4 bridgehead atoms. The Balaban J connectivity index is 1.88. The molecule has 4 fully saturated rings. The minimum Gasteiger partial charge on any atom is -0.390 e. The second-order valence-corrected chi connectivity index (χ2v) is 7.15. The van der Waals surface area contributed by atoms with Gasteiger partial charge in [0.1, 0.15) is 0 Å². The van der Waals surface area contributed by atoms with Crippen molar-refractivity contribution in [3.8, 4) is 0 Å². The van der Waals surface area contributed by atoms with Gasteiger partial charge >= 0.3 is 0 Å². The molecule has 0 amide bonds. The molecule has 0 aromatic carbocycles. The fourth-order valence-corrected chi connectivity index (χ4v) is 5.45. The van der Waals surface area contributed by atoms with Gasteiger partial charge in [-0.1, -0.05) is 20.3 Å². The Morgan fingerprint density at radius 2 is 1.71 bits per heavy atom. The summed E-state index contributed by atoms with van der Waals surface area (Å²) in [5.74, 6) is 1.80. The van der Waals surface area contributed by atoms with Gasteiger partial charge < -0.3 is 10.2 Å². The topological polar surface area (TPSA) is 40.5 Å². The highest BCUT2D eigenvalue weighted by atomic mass is 16.3. The predicted molar refractivity (Wildman–Crippen MR) is 67.5 cm³/mol. The van der Waals surface area contributed by atoms with Gasteiger partial charge in [0.2, 0.25) is 0 Å². The Bertz CT molecular complexity index is 296. The van der Waals surface area contributed by atoms with Gasteiger partial charge in [-0.15, -0.1) is 0 Å². The molecule has 4 aliphatic rings. The van der Waals surface area contributed by atoms with Crippen molar-refractivity contribution >= 4 is 0 Å². The Hall–Kier alpha value is -0.0800. The van der Waals surface area contributed by atoms with E-state index in [9.17, 15) is 10.2 Å². The Morgan fingerprint density at radius 1 is 1.12 bits per heavy atom. The van der Waals surface area contributed by atoms with Crippen molar-refractivity contribution in [3.63, 3.8) is 0 Å². The number of rotatable bonds is 3. The minimum absolute atomic E-state index is 0.361. The average Bonchev–Trinajstić information content (AvgIpc) is 2.23. The van der Waals surface area contributed by atoms with Crippen LogP contribution in [0.4, 0.5) is 0 Å². The monoisotopic (exact) mass is 238 g/mol. The van der Waals surface area contributed by atoms with Crippen LogP contribution in [-0.2, 0) is 0 Å².